The predicted molar refractivity (Wildman–Crippen MR) is 79.5 cm³/mol. The summed E-state index contributed by atoms with van der Waals surface area (Å²) in [5.74, 6) is -2.85. The number of halogens is 3. The molecule has 0 spiro atoms. The molecule has 2 N–H and O–H groups in total. The molecule has 0 unspecified atom stereocenters. The van der Waals surface area contributed by atoms with Gasteiger partial charge in [0, 0.05) is 23.1 Å². The molecule has 22 heavy (non-hydrogen) atoms. The fraction of sp³-hybridized carbons (Fsp3) is 0. The minimum absolute atomic E-state index is 0.0412. The third kappa shape index (κ3) is 2.41. The van der Waals surface area contributed by atoms with Crippen molar-refractivity contribution in [1.29, 1.82) is 0 Å². The summed E-state index contributed by atoms with van der Waals surface area (Å²) in [6.07, 6.45) is 3.98. The zero-order valence-corrected chi connectivity index (χ0v) is 12.4. The number of fused-ring (bicyclic) bond motifs is 1. The van der Waals surface area contributed by atoms with Gasteiger partial charge in [-0.05, 0) is 18.2 Å². The van der Waals surface area contributed by atoms with E-state index >= 15 is 0 Å². The van der Waals surface area contributed by atoms with Crippen molar-refractivity contribution < 1.29 is 18.7 Å². The fourth-order valence-electron chi connectivity index (χ4n) is 2.03. The van der Waals surface area contributed by atoms with Crippen LogP contribution in [0.15, 0.2) is 41.3 Å². The summed E-state index contributed by atoms with van der Waals surface area (Å²) >= 11 is 3.11. The number of aromatic nitrogens is 2. The van der Waals surface area contributed by atoms with Crippen molar-refractivity contribution in [1.82, 2.24) is 9.38 Å². The van der Waals surface area contributed by atoms with Crippen LogP contribution in [0.25, 0.3) is 5.65 Å². The lowest BCUT2D eigenvalue weighted by Gasteiger charge is -2.12. The Balaban J connectivity index is 2.18. The lowest BCUT2D eigenvalue weighted by Crippen LogP contribution is -2.08. The fourth-order valence-corrected chi connectivity index (χ4v) is 2.36. The minimum atomic E-state index is -1.34. The van der Waals surface area contributed by atoms with Gasteiger partial charge in [0.1, 0.15) is 11.4 Å². The average molecular weight is 368 g/mol. The lowest BCUT2D eigenvalue weighted by atomic mass is 10.2. The third-order valence-electron chi connectivity index (χ3n) is 3.04. The second kappa shape index (κ2) is 5.38. The van der Waals surface area contributed by atoms with Gasteiger partial charge in [0.15, 0.2) is 11.5 Å². The van der Waals surface area contributed by atoms with Crippen molar-refractivity contribution in [2.45, 2.75) is 0 Å². The molecule has 0 aliphatic rings. The van der Waals surface area contributed by atoms with Crippen molar-refractivity contribution in [2.75, 3.05) is 5.32 Å². The molecule has 8 heteroatoms. The van der Waals surface area contributed by atoms with Crippen LogP contribution in [0, 0.1) is 11.6 Å². The first-order valence-electron chi connectivity index (χ1n) is 6.08. The van der Waals surface area contributed by atoms with Gasteiger partial charge in [-0.1, -0.05) is 15.9 Å². The molecule has 2 aromatic heterocycles. The Morgan fingerprint density at radius 2 is 2.14 bits per heavy atom. The van der Waals surface area contributed by atoms with Gasteiger partial charge in [-0.25, -0.2) is 18.6 Å². The molecule has 112 valence electrons. The van der Waals surface area contributed by atoms with Crippen LogP contribution in [0.4, 0.5) is 20.2 Å². The van der Waals surface area contributed by atoms with Crippen LogP contribution in [-0.2, 0) is 0 Å². The molecule has 2 heterocycles. The molecule has 0 bridgehead atoms. The molecule has 5 nitrogen and oxygen atoms in total. The van der Waals surface area contributed by atoms with Crippen LogP contribution < -0.4 is 5.32 Å². The number of carboxylic acid groups (broad SMARTS) is 1. The van der Waals surface area contributed by atoms with E-state index in [4.69, 9.17) is 0 Å². The molecule has 0 saturated carbocycles. The number of rotatable bonds is 3. The number of carboxylic acids is 1. The minimum Gasteiger partial charge on any atom is -0.478 e. The number of nitrogens with one attached hydrogen (secondary N) is 1. The number of imidazole rings is 1. The highest BCUT2D eigenvalue weighted by Crippen LogP contribution is 2.29. The Labute approximate surface area is 131 Å². The molecule has 0 saturated heterocycles. The topological polar surface area (TPSA) is 66.6 Å². The van der Waals surface area contributed by atoms with Crippen molar-refractivity contribution in [3.8, 4) is 0 Å². The molecule has 0 fully saturated rings. The molecular weight excluding hydrogens is 360 g/mol. The van der Waals surface area contributed by atoms with E-state index in [1.54, 1.807) is 6.07 Å². The second-order valence-electron chi connectivity index (χ2n) is 4.44. The Morgan fingerprint density at radius 1 is 1.36 bits per heavy atom. The van der Waals surface area contributed by atoms with E-state index in [9.17, 15) is 18.7 Å². The largest absolute Gasteiger partial charge is 0.478 e. The molecule has 0 atom stereocenters. The number of anilines is 2. The molecule has 0 amide bonds. The van der Waals surface area contributed by atoms with E-state index in [2.05, 4.69) is 26.2 Å². The number of benzene rings is 1. The lowest BCUT2D eigenvalue weighted by molar-refractivity contribution is 0.0697. The van der Waals surface area contributed by atoms with Gasteiger partial charge in [0.25, 0.3) is 0 Å². The monoisotopic (exact) mass is 367 g/mol. The molecule has 0 aliphatic heterocycles. The maximum absolute atomic E-state index is 14.5. The Hall–Kier alpha value is -2.48. The summed E-state index contributed by atoms with van der Waals surface area (Å²) in [7, 11) is 0. The van der Waals surface area contributed by atoms with E-state index in [1.165, 1.54) is 35.1 Å². The Kier molecular flexibility index (Phi) is 3.53. The predicted octanol–water partition coefficient (Wildman–Crippen LogP) is 3.82. The summed E-state index contributed by atoms with van der Waals surface area (Å²) in [5.41, 5.74) is -0.761. The van der Waals surface area contributed by atoms with Gasteiger partial charge >= 0.3 is 5.97 Å². The van der Waals surface area contributed by atoms with Gasteiger partial charge in [-0.3, -0.25) is 0 Å². The highest BCUT2D eigenvalue weighted by Gasteiger charge is 2.20. The third-order valence-corrected chi connectivity index (χ3v) is 3.54. The molecule has 0 aliphatic carbocycles. The SMILES string of the molecule is O=C(O)c1cn2ccnc2c(F)c1Nc1ccc(Br)cc1F. The van der Waals surface area contributed by atoms with Crippen LogP contribution in [0.5, 0.6) is 0 Å². The summed E-state index contributed by atoms with van der Waals surface area (Å²) < 4.78 is 30.1. The first-order valence-corrected chi connectivity index (χ1v) is 6.87. The summed E-state index contributed by atoms with van der Waals surface area (Å²) in [5, 5.41) is 11.7. The van der Waals surface area contributed by atoms with Crippen molar-refractivity contribution in [3.63, 3.8) is 0 Å². The second-order valence-corrected chi connectivity index (χ2v) is 5.36. The van der Waals surface area contributed by atoms with E-state index < -0.39 is 17.6 Å². The average Bonchev–Trinajstić information content (AvgIpc) is 2.92. The van der Waals surface area contributed by atoms with Gasteiger partial charge < -0.3 is 14.8 Å². The Morgan fingerprint density at radius 3 is 2.82 bits per heavy atom. The first-order chi connectivity index (χ1) is 10.5. The van der Waals surface area contributed by atoms with Crippen LogP contribution in [0.2, 0.25) is 0 Å². The quantitative estimate of drug-likeness (QED) is 0.738. The van der Waals surface area contributed by atoms with Crippen molar-refractivity contribution >= 4 is 38.9 Å². The first kappa shape index (κ1) is 14.5. The molecule has 1 aromatic carbocycles. The van der Waals surface area contributed by atoms with Gasteiger partial charge in [-0.2, -0.15) is 0 Å². The number of nitrogens with zero attached hydrogens (tertiary/aromatic N) is 2. The highest BCUT2D eigenvalue weighted by atomic mass is 79.9. The number of aromatic carboxylic acids is 1. The number of carbonyl (C=O) groups is 1. The smallest absolute Gasteiger partial charge is 0.339 e. The van der Waals surface area contributed by atoms with Gasteiger partial charge in [-0.15, -0.1) is 0 Å². The standard InChI is InChI=1S/C14H8BrF2N3O2/c15-7-1-2-10(9(16)5-7)19-12-8(14(21)22)6-20-4-3-18-13(20)11(12)17/h1-6,19H,(H,21,22). The van der Waals surface area contributed by atoms with Crippen molar-refractivity contribution in [3.05, 3.63) is 58.5 Å². The van der Waals surface area contributed by atoms with E-state index in [-0.39, 0.29) is 22.6 Å². The van der Waals surface area contributed by atoms with E-state index in [0.29, 0.717) is 4.47 Å². The van der Waals surface area contributed by atoms with Gasteiger partial charge in [0.2, 0.25) is 0 Å². The highest BCUT2D eigenvalue weighted by molar-refractivity contribution is 9.10. The summed E-state index contributed by atoms with van der Waals surface area (Å²) in [6.45, 7) is 0. The maximum atomic E-state index is 14.5. The Bertz CT molecular complexity index is 895. The molecule has 3 aromatic rings. The maximum Gasteiger partial charge on any atom is 0.339 e. The van der Waals surface area contributed by atoms with Crippen LogP contribution in [0.3, 0.4) is 0 Å². The number of pyridine rings is 1. The zero-order valence-electron chi connectivity index (χ0n) is 10.8. The van der Waals surface area contributed by atoms with E-state index in [1.807, 2.05) is 0 Å². The van der Waals surface area contributed by atoms with Gasteiger partial charge in [0.05, 0.1) is 11.4 Å². The molecule has 3 rings (SSSR count). The van der Waals surface area contributed by atoms with Crippen LogP contribution in [0.1, 0.15) is 10.4 Å². The van der Waals surface area contributed by atoms with E-state index in [0.717, 1.165) is 0 Å². The summed E-state index contributed by atoms with van der Waals surface area (Å²) in [6, 6.07) is 4.12. The molecule has 0 radical (unpaired) electrons. The molecular formula is C14H8BrF2N3O2. The normalized spacial score (nSPS) is 10.9. The van der Waals surface area contributed by atoms with Crippen LogP contribution in [-0.4, -0.2) is 20.5 Å². The number of hydrogen-bond acceptors (Lipinski definition) is 3. The van der Waals surface area contributed by atoms with Crippen molar-refractivity contribution in [2.24, 2.45) is 0 Å². The zero-order chi connectivity index (χ0) is 15.9. The summed E-state index contributed by atoms with van der Waals surface area (Å²) in [4.78, 5) is 15.1. The number of hydrogen-bond donors (Lipinski definition) is 2. The van der Waals surface area contributed by atoms with Crippen LogP contribution >= 0.6 is 15.9 Å².